The molecule has 1 unspecified atom stereocenters. The average Bonchev–Trinajstić information content (AvgIpc) is 2.97. The van der Waals surface area contributed by atoms with Crippen molar-refractivity contribution in [2.75, 3.05) is 26.0 Å². The molecule has 1 atom stereocenters. The first-order valence-electron chi connectivity index (χ1n) is 6.12. The highest BCUT2D eigenvalue weighted by Crippen LogP contribution is 2.17. The van der Waals surface area contributed by atoms with Gasteiger partial charge in [-0.1, -0.05) is 12.1 Å². The maximum atomic E-state index is 11.0. The van der Waals surface area contributed by atoms with Gasteiger partial charge in [0.25, 0.3) is 0 Å². The predicted molar refractivity (Wildman–Crippen MR) is 77.2 cm³/mol. The van der Waals surface area contributed by atoms with E-state index in [-0.39, 0.29) is 5.97 Å². The minimum absolute atomic E-state index is 0.357. The quantitative estimate of drug-likeness (QED) is 0.659. The number of esters is 1. The zero-order chi connectivity index (χ0) is 13.5. The maximum Gasteiger partial charge on any atom is 0.330 e. The lowest BCUT2D eigenvalue weighted by Crippen LogP contribution is -2.26. The molecule has 1 aliphatic heterocycles. The van der Waals surface area contributed by atoms with Crippen LogP contribution >= 0.6 is 11.8 Å². The van der Waals surface area contributed by atoms with Gasteiger partial charge in [-0.25, -0.2) is 4.79 Å². The van der Waals surface area contributed by atoms with E-state index in [1.165, 1.54) is 13.2 Å². The van der Waals surface area contributed by atoms with E-state index in [0.29, 0.717) is 12.0 Å². The molecule has 1 aliphatic rings. The third-order valence-electron chi connectivity index (χ3n) is 2.69. The first-order chi connectivity index (χ1) is 9.28. The number of hydrogen-bond acceptors (Lipinski definition) is 5. The molecule has 0 radical (unpaired) electrons. The van der Waals surface area contributed by atoms with Crippen LogP contribution in [0.1, 0.15) is 5.56 Å². The van der Waals surface area contributed by atoms with Crippen molar-refractivity contribution in [3.63, 3.8) is 0 Å². The monoisotopic (exact) mass is 279 g/mol. The Hall–Kier alpha value is -1.46. The van der Waals surface area contributed by atoms with Crippen molar-refractivity contribution in [2.45, 2.75) is 5.37 Å². The van der Waals surface area contributed by atoms with Crippen LogP contribution in [0.15, 0.2) is 30.3 Å². The highest BCUT2D eigenvalue weighted by atomic mass is 32.2. The van der Waals surface area contributed by atoms with Crippen LogP contribution in [0.25, 0.3) is 6.08 Å². The summed E-state index contributed by atoms with van der Waals surface area (Å²) < 4.78 is 10.2. The molecule has 0 aliphatic carbocycles. The van der Waals surface area contributed by atoms with Crippen LogP contribution < -0.4 is 10.1 Å². The van der Waals surface area contributed by atoms with Gasteiger partial charge in [-0.15, -0.1) is 11.8 Å². The smallest absolute Gasteiger partial charge is 0.330 e. The molecule has 5 heteroatoms. The molecule has 0 aromatic heterocycles. The molecule has 0 bridgehead atoms. The molecule has 0 amide bonds. The van der Waals surface area contributed by atoms with E-state index in [1.807, 2.05) is 36.0 Å². The second-order valence-corrected chi connectivity index (χ2v) is 5.36. The topological polar surface area (TPSA) is 47.6 Å². The van der Waals surface area contributed by atoms with Crippen LogP contribution in [0.4, 0.5) is 0 Å². The van der Waals surface area contributed by atoms with Gasteiger partial charge in [0.1, 0.15) is 12.4 Å². The van der Waals surface area contributed by atoms with Crippen LogP contribution in [0.2, 0.25) is 0 Å². The highest BCUT2D eigenvalue weighted by molar-refractivity contribution is 8.00. The fraction of sp³-hybridized carbons (Fsp3) is 0.357. The summed E-state index contributed by atoms with van der Waals surface area (Å²) >= 11 is 1.88. The molecule has 1 aromatic rings. The number of benzene rings is 1. The molecule has 1 fully saturated rings. The van der Waals surface area contributed by atoms with Crippen molar-refractivity contribution in [3.8, 4) is 5.75 Å². The van der Waals surface area contributed by atoms with E-state index in [2.05, 4.69) is 10.1 Å². The number of methoxy groups -OCH3 is 1. The number of ether oxygens (including phenoxy) is 2. The summed E-state index contributed by atoms with van der Waals surface area (Å²) in [4.78, 5) is 11.0. The Morgan fingerprint density at radius 2 is 2.26 bits per heavy atom. The first-order valence-corrected chi connectivity index (χ1v) is 7.16. The summed E-state index contributed by atoms with van der Waals surface area (Å²) in [5.74, 6) is 1.62. The number of nitrogens with one attached hydrogen (secondary N) is 1. The van der Waals surface area contributed by atoms with Crippen LogP contribution in [0.5, 0.6) is 5.75 Å². The number of thioether (sulfide) groups is 1. The van der Waals surface area contributed by atoms with E-state index in [4.69, 9.17) is 4.74 Å². The van der Waals surface area contributed by atoms with Gasteiger partial charge in [0, 0.05) is 18.4 Å². The molecule has 4 nitrogen and oxygen atoms in total. The zero-order valence-electron chi connectivity index (χ0n) is 10.8. The third kappa shape index (κ3) is 4.61. The average molecular weight is 279 g/mol. The van der Waals surface area contributed by atoms with Gasteiger partial charge in [0.05, 0.1) is 12.5 Å². The van der Waals surface area contributed by atoms with Crippen molar-refractivity contribution in [3.05, 3.63) is 35.9 Å². The Morgan fingerprint density at radius 1 is 1.47 bits per heavy atom. The number of hydrogen-bond donors (Lipinski definition) is 1. The van der Waals surface area contributed by atoms with Crippen LogP contribution in [-0.4, -0.2) is 37.4 Å². The summed E-state index contributed by atoms with van der Waals surface area (Å²) in [6, 6.07) is 7.61. The van der Waals surface area contributed by atoms with Crippen molar-refractivity contribution in [1.82, 2.24) is 5.32 Å². The fourth-order valence-corrected chi connectivity index (χ4v) is 2.59. The van der Waals surface area contributed by atoms with Gasteiger partial charge in [0.2, 0.25) is 0 Å². The third-order valence-corrected chi connectivity index (χ3v) is 3.83. The maximum absolute atomic E-state index is 11.0. The number of carbonyl (C=O) groups excluding carboxylic acids is 1. The van der Waals surface area contributed by atoms with E-state index in [0.717, 1.165) is 23.6 Å². The van der Waals surface area contributed by atoms with Crippen LogP contribution in [-0.2, 0) is 9.53 Å². The largest absolute Gasteiger partial charge is 0.491 e. The Morgan fingerprint density at radius 3 is 2.89 bits per heavy atom. The first kappa shape index (κ1) is 14.0. The molecule has 0 saturated carbocycles. The Bertz CT molecular complexity index is 439. The lowest BCUT2D eigenvalue weighted by Gasteiger charge is -2.11. The van der Waals surface area contributed by atoms with Gasteiger partial charge in [-0.2, -0.15) is 0 Å². The van der Waals surface area contributed by atoms with Gasteiger partial charge in [-0.05, 0) is 23.8 Å². The summed E-state index contributed by atoms with van der Waals surface area (Å²) in [6.45, 7) is 1.72. The lowest BCUT2D eigenvalue weighted by atomic mass is 10.2. The number of rotatable bonds is 5. The van der Waals surface area contributed by atoms with E-state index < -0.39 is 0 Å². The minimum atomic E-state index is -0.357. The summed E-state index contributed by atoms with van der Waals surface area (Å²) in [6.07, 6.45) is 3.11. The van der Waals surface area contributed by atoms with Gasteiger partial charge >= 0.3 is 5.97 Å². The van der Waals surface area contributed by atoms with E-state index in [1.54, 1.807) is 6.08 Å². The molecular formula is C14H17NO3S. The van der Waals surface area contributed by atoms with Crippen LogP contribution in [0.3, 0.4) is 0 Å². The molecule has 19 heavy (non-hydrogen) atoms. The van der Waals surface area contributed by atoms with Gasteiger partial charge < -0.3 is 14.8 Å². The van der Waals surface area contributed by atoms with Crippen molar-refractivity contribution >= 4 is 23.8 Å². The minimum Gasteiger partial charge on any atom is -0.491 e. The molecule has 1 N–H and O–H groups in total. The highest BCUT2D eigenvalue weighted by Gasteiger charge is 2.14. The summed E-state index contributed by atoms with van der Waals surface area (Å²) in [5.41, 5.74) is 0.936. The second-order valence-electron chi connectivity index (χ2n) is 4.05. The van der Waals surface area contributed by atoms with E-state index >= 15 is 0 Å². The Balaban J connectivity index is 1.83. The van der Waals surface area contributed by atoms with Crippen LogP contribution in [0, 0.1) is 0 Å². The normalized spacial score (nSPS) is 18.7. The standard InChI is InChI=1S/C14H17NO3S/c1-17-14(16)7-4-11-2-5-12(6-3-11)18-10-13-15-8-9-19-13/h2-7,13,15H,8-10H2,1H3/b7-4+. The molecule has 0 spiro atoms. The Kier molecular flexibility index (Phi) is 5.30. The Labute approximate surface area is 117 Å². The SMILES string of the molecule is COC(=O)/C=C/c1ccc(OCC2NCCS2)cc1. The molecular weight excluding hydrogens is 262 g/mol. The molecule has 1 aromatic carbocycles. The molecule has 1 saturated heterocycles. The summed E-state index contributed by atoms with van der Waals surface area (Å²) in [5, 5.41) is 3.74. The van der Waals surface area contributed by atoms with Gasteiger partial charge in [-0.3, -0.25) is 0 Å². The predicted octanol–water partition coefficient (Wildman–Crippen LogP) is 1.91. The van der Waals surface area contributed by atoms with E-state index in [9.17, 15) is 4.79 Å². The second kappa shape index (κ2) is 7.21. The van der Waals surface area contributed by atoms with Crippen molar-refractivity contribution in [1.29, 1.82) is 0 Å². The molecule has 1 heterocycles. The number of carbonyl (C=O) groups is 1. The van der Waals surface area contributed by atoms with Gasteiger partial charge in [0.15, 0.2) is 0 Å². The fourth-order valence-electron chi connectivity index (χ4n) is 1.67. The molecule has 102 valence electrons. The lowest BCUT2D eigenvalue weighted by molar-refractivity contribution is -0.134. The zero-order valence-corrected chi connectivity index (χ0v) is 11.6. The van der Waals surface area contributed by atoms with Crippen molar-refractivity contribution in [2.24, 2.45) is 0 Å². The molecule has 2 rings (SSSR count). The van der Waals surface area contributed by atoms with Crippen molar-refractivity contribution < 1.29 is 14.3 Å². The summed E-state index contributed by atoms with van der Waals surface area (Å²) in [7, 11) is 1.36.